The van der Waals surface area contributed by atoms with Crippen LogP contribution < -0.4 is 25.4 Å². The van der Waals surface area contributed by atoms with Crippen LogP contribution in [-0.2, 0) is 4.79 Å². The molecule has 3 N–H and O–H groups in total. The Labute approximate surface area is 173 Å². The quantitative estimate of drug-likeness (QED) is 0.289. The second-order valence-corrected chi connectivity index (χ2v) is 5.66. The van der Waals surface area contributed by atoms with Crippen molar-refractivity contribution in [3.8, 4) is 11.5 Å². The lowest BCUT2D eigenvalue weighted by Crippen LogP contribution is -2.32. The number of anilines is 1. The van der Waals surface area contributed by atoms with Gasteiger partial charge in [-0.3, -0.25) is 9.79 Å². The lowest BCUT2D eigenvalue weighted by molar-refractivity contribution is -0.121. The number of nitrogens with zero attached hydrogens (tertiary/aromatic N) is 1. The van der Waals surface area contributed by atoms with Crippen LogP contribution in [0, 0.1) is 0 Å². The van der Waals surface area contributed by atoms with Crippen molar-refractivity contribution in [2.75, 3.05) is 32.1 Å². The number of amides is 1. The lowest BCUT2D eigenvalue weighted by atomic mass is 10.2. The largest absolute Gasteiger partial charge is 0.493 e. The molecule has 0 aromatic heterocycles. The summed E-state index contributed by atoms with van der Waals surface area (Å²) in [7, 11) is 1.61. The number of hydrogen-bond acceptors (Lipinski definition) is 4. The van der Waals surface area contributed by atoms with Gasteiger partial charge in [-0.1, -0.05) is 0 Å². The molecule has 0 aliphatic heterocycles. The maximum absolute atomic E-state index is 11.7. The maximum Gasteiger partial charge on any atom is 0.222 e. The minimum Gasteiger partial charge on any atom is -0.493 e. The van der Waals surface area contributed by atoms with Gasteiger partial charge in [-0.2, -0.15) is 0 Å². The second-order valence-electron chi connectivity index (χ2n) is 5.66. The average molecular weight is 478 g/mol. The van der Waals surface area contributed by atoms with Gasteiger partial charge in [0.25, 0.3) is 0 Å². The third kappa shape index (κ3) is 9.12. The summed E-state index contributed by atoms with van der Waals surface area (Å²) in [5.41, 5.74) is 0.829. The van der Waals surface area contributed by atoms with Crippen LogP contribution in [0.1, 0.15) is 34.1 Å². The first kappa shape index (κ1) is 24.3. The van der Waals surface area contributed by atoms with E-state index in [1.165, 1.54) is 0 Å². The van der Waals surface area contributed by atoms with Crippen LogP contribution in [0.2, 0.25) is 0 Å². The molecule has 0 fully saturated rings. The zero-order chi connectivity index (χ0) is 18.7. The maximum atomic E-state index is 11.7. The third-order valence-electron chi connectivity index (χ3n) is 3.13. The number of rotatable bonds is 9. The molecular weight excluding hydrogens is 447 g/mol. The predicted octanol–water partition coefficient (Wildman–Crippen LogP) is 3.00. The van der Waals surface area contributed by atoms with Crippen LogP contribution in [0.25, 0.3) is 0 Å². The highest BCUT2D eigenvalue weighted by Gasteiger charge is 2.07. The molecule has 0 radical (unpaired) electrons. The van der Waals surface area contributed by atoms with Gasteiger partial charge in [-0.15, -0.1) is 24.0 Å². The molecule has 0 saturated carbocycles. The van der Waals surface area contributed by atoms with E-state index in [0.29, 0.717) is 37.0 Å². The molecule has 26 heavy (non-hydrogen) atoms. The standard InChI is InChI=1S/C18H30N4O3.HI/c1-6-19-18(20-11-10-17(23)21-13(3)4)22-14-8-9-15(24-5)16(12-14)25-7-2;/h8-9,12-13H,6-7,10-11H2,1-5H3,(H,21,23)(H2,19,20,22);1H. The Kier molecular flexibility index (Phi) is 12.6. The smallest absolute Gasteiger partial charge is 0.222 e. The molecule has 0 heterocycles. The third-order valence-corrected chi connectivity index (χ3v) is 3.13. The van der Waals surface area contributed by atoms with Crippen molar-refractivity contribution in [1.82, 2.24) is 10.6 Å². The van der Waals surface area contributed by atoms with Gasteiger partial charge in [-0.25, -0.2) is 0 Å². The molecule has 148 valence electrons. The number of ether oxygens (including phenoxy) is 2. The normalized spacial score (nSPS) is 10.8. The number of halogens is 1. The molecular formula is C18H31IN4O3. The Morgan fingerprint density at radius 3 is 2.54 bits per heavy atom. The predicted molar refractivity (Wildman–Crippen MR) is 117 cm³/mol. The molecule has 0 atom stereocenters. The summed E-state index contributed by atoms with van der Waals surface area (Å²) in [6, 6.07) is 5.73. The molecule has 0 bridgehead atoms. The Balaban J connectivity index is 0.00000625. The fourth-order valence-electron chi connectivity index (χ4n) is 2.13. The van der Waals surface area contributed by atoms with E-state index in [0.717, 1.165) is 12.2 Å². The zero-order valence-corrected chi connectivity index (χ0v) is 18.5. The summed E-state index contributed by atoms with van der Waals surface area (Å²) >= 11 is 0. The summed E-state index contributed by atoms with van der Waals surface area (Å²) in [5, 5.41) is 9.23. The van der Waals surface area contributed by atoms with Gasteiger partial charge >= 0.3 is 0 Å². The Hall–Kier alpha value is -1.71. The van der Waals surface area contributed by atoms with Crippen molar-refractivity contribution in [3.63, 3.8) is 0 Å². The van der Waals surface area contributed by atoms with E-state index >= 15 is 0 Å². The van der Waals surface area contributed by atoms with Gasteiger partial charge in [-0.05, 0) is 39.8 Å². The van der Waals surface area contributed by atoms with Crippen LogP contribution >= 0.6 is 24.0 Å². The summed E-state index contributed by atoms with van der Waals surface area (Å²) < 4.78 is 10.9. The van der Waals surface area contributed by atoms with E-state index in [-0.39, 0.29) is 35.9 Å². The van der Waals surface area contributed by atoms with Crippen molar-refractivity contribution < 1.29 is 14.3 Å². The first-order valence-electron chi connectivity index (χ1n) is 8.65. The first-order chi connectivity index (χ1) is 12.0. The van der Waals surface area contributed by atoms with Crippen molar-refractivity contribution >= 4 is 41.5 Å². The highest BCUT2D eigenvalue weighted by Crippen LogP contribution is 2.30. The van der Waals surface area contributed by atoms with Gasteiger partial charge < -0.3 is 25.4 Å². The minimum atomic E-state index is -0.00215. The Morgan fingerprint density at radius 1 is 1.23 bits per heavy atom. The number of nitrogens with one attached hydrogen (secondary N) is 3. The van der Waals surface area contributed by atoms with Crippen LogP contribution in [-0.4, -0.2) is 44.7 Å². The molecule has 1 aromatic carbocycles. The van der Waals surface area contributed by atoms with Crippen LogP contribution in [0.3, 0.4) is 0 Å². The van der Waals surface area contributed by atoms with Crippen molar-refractivity contribution in [1.29, 1.82) is 0 Å². The zero-order valence-electron chi connectivity index (χ0n) is 16.2. The summed E-state index contributed by atoms with van der Waals surface area (Å²) in [4.78, 5) is 16.1. The van der Waals surface area contributed by atoms with Crippen LogP contribution in [0.15, 0.2) is 23.2 Å². The van der Waals surface area contributed by atoms with Gasteiger partial charge in [0.2, 0.25) is 5.91 Å². The fourth-order valence-corrected chi connectivity index (χ4v) is 2.13. The minimum absolute atomic E-state index is 0. The fraction of sp³-hybridized carbons (Fsp3) is 0.556. The average Bonchev–Trinajstić information content (AvgIpc) is 2.55. The first-order valence-corrected chi connectivity index (χ1v) is 8.65. The lowest BCUT2D eigenvalue weighted by Gasteiger charge is -2.14. The number of aliphatic imine (C=N–C) groups is 1. The number of guanidine groups is 1. The van der Waals surface area contributed by atoms with Crippen molar-refractivity contribution in [2.24, 2.45) is 4.99 Å². The van der Waals surface area contributed by atoms with E-state index < -0.39 is 0 Å². The highest BCUT2D eigenvalue weighted by atomic mass is 127. The molecule has 8 heteroatoms. The van der Waals surface area contributed by atoms with Crippen LogP contribution in [0.5, 0.6) is 11.5 Å². The van der Waals surface area contributed by atoms with Gasteiger partial charge in [0.1, 0.15) is 0 Å². The molecule has 0 saturated heterocycles. The molecule has 0 aliphatic carbocycles. The molecule has 1 aromatic rings. The van der Waals surface area contributed by atoms with E-state index in [4.69, 9.17) is 9.47 Å². The van der Waals surface area contributed by atoms with E-state index in [2.05, 4.69) is 20.9 Å². The number of benzene rings is 1. The van der Waals surface area contributed by atoms with Gasteiger partial charge in [0, 0.05) is 30.8 Å². The molecule has 0 unspecified atom stereocenters. The summed E-state index contributed by atoms with van der Waals surface area (Å²) in [6.07, 6.45) is 0.349. The Morgan fingerprint density at radius 2 is 1.96 bits per heavy atom. The van der Waals surface area contributed by atoms with Gasteiger partial charge in [0.15, 0.2) is 17.5 Å². The SMILES string of the molecule is CCNC(=NCCC(=O)NC(C)C)Nc1ccc(OC)c(OCC)c1.I. The molecule has 7 nitrogen and oxygen atoms in total. The molecule has 0 aliphatic rings. The Bertz CT molecular complexity index is 580. The summed E-state index contributed by atoms with van der Waals surface area (Å²) in [5.74, 6) is 1.96. The van der Waals surface area contributed by atoms with E-state index in [9.17, 15) is 4.79 Å². The number of carbonyl (C=O) groups excluding carboxylic acids is 1. The summed E-state index contributed by atoms with van der Waals surface area (Å²) in [6.45, 7) is 9.47. The number of hydrogen-bond donors (Lipinski definition) is 3. The topological polar surface area (TPSA) is 84.0 Å². The molecule has 1 amide bonds. The van der Waals surface area contributed by atoms with E-state index in [1.54, 1.807) is 7.11 Å². The molecule has 1 rings (SSSR count). The number of carbonyl (C=O) groups is 1. The molecule has 0 spiro atoms. The van der Waals surface area contributed by atoms with Crippen molar-refractivity contribution in [3.05, 3.63) is 18.2 Å². The van der Waals surface area contributed by atoms with Crippen LogP contribution in [0.4, 0.5) is 5.69 Å². The monoisotopic (exact) mass is 478 g/mol. The van der Waals surface area contributed by atoms with Crippen molar-refractivity contribution in [2.45, 2.75) is 40.2 Å². The van der Waals surface area contributed by atoms with Gasteiger partial charge in [0.05, 0.1) is 20.3 Å². The number of methoxy groups -OCH3 is 1. The van der Waals surface area contributed by atoms with E-state index in [1.807, 2.05) is 45.9 Å². The second kappa shape index (κ2) is 13.5. The highest BCUT2D eigenvalue weighted by molar-refractivity contribution is 14.0.